The molecule has 3 aromatic heterocycles. The predicted molar refractivity (Wildman–Crippen MR) is 109 cm³/mol. The fourth-order valence-electron chi connectivity index (χ4n) is 2.85. The molecule has 0 aliphatic heterocycles. The highest BCUT2D eigenvalue weighted by Gasteiger charge is 2.32. The number of hydrogen-bond donors (Lipinski definition) is 1. The van der Waals surface area contributed by atoms with Gasteiger partial charge in [-0.05, 0) is 30.3 Å². The Morgan fingerprint density at radius 2 is 2.06 bits per heavy atom. The van der Waals surface area contributed by atoms with Crippen LogP contribution in [0.2, 0.25) is 0 Å². The quantitative estimate of drug-likeness (QED) is 0.428. The maximum absolute atomic E-state index is 13.4. The Balaban J connectivity index is 1.58. The van der Waals surface area contributed by atoms with Crippen LogP contribution in [0.15, 0.2) is 60.4 Å². The molecular formula is C21H15F3N4O3S. The van der Waals surface area contributed by atoms with E-state index in [2.05, 4.69) is 15.1 Å². The monoisotopic (exact) mass is 460 g/mol. The Morgan fingerprint density at radius 1 is 1.22 bits per heavy atom. The third kappa shape index (κ3) is 5.11. The molecule has 0 saturated heterocycles. The van der Waals surface area contributed by atoms with Crippen LogP contribution >= 0.6 is 11.3 Å². The Labute approximate surface area is 183 Å². The summed E-state index contributed by atoms with van der Waals surface area (Å²) in [5.74, 6) is -1.05. The lowest BCUT2D eigenvalue weighted by atomic mass is 10.1. The summed E-state index contributed by atoms with van der Waals surface area (Å²) >= 11 is 1.23. The lowest BCUT2D eigenvalue weighted by molar-refractivity contribution is -0.137. The van der Waals surface area contributed by atoms with Crippen molar-refractivity contribution in [2.45, 2.75) is 19.3 Å². The molecule has 0 fully saturated rings. The molecule has 0 atom stereocenters. The van der Waals surface area contributed by atoms with Crippen LogP contribution in [0.4, 0.5) is 13.2 Å². The number of aromatic nitrogens is 4. The van der Waals surface area contributed by atoms with Gasteiger partial charge >= 0.3 is 12.1 Å². The van der Waals surface area contributed by atoms with Gasteiger partial charge in [-0.1, -0.05) is 6.07 Å². The summed E-state index contributed by atoms with van der Waals surface area (Å²) in [6, 6.07) is 8.66. The highest BCUT2D eigenvalue weighted by molar-refractivity contribution is 7.09. The van der Waals surface area contributed by atoms with E-state index in [1.54, 1.807) is 29.8 Å². The molecule has 7 nitrogen and oxygen atoms in total. The Morgan fingerprint density at radius 3 is 2.75 bits per heavy atom. The van der Waals surface area contributed by atoms with Gasteiger partial charge < -0.3 is 9.84 Å². The Kier molecular flexibility index (Phi) is 5.91. The zero-order valence-corrected chi connectivity index (χ0v) is 17.1. The fourth-order valence-corrected chi connectivity index (χ4v) is 3.64. The van der Waals surface area contributed by atoms with Gasteiger partial charge in [-0.2, -0.15) is 18.3 Å². The molecule has 0 aliphatic carbocycles. The standard InChI is InChI=1S/C21H15F3N4O3S/c22-21(23,24)15-5-13(6-17(7-15)31-11-16-3-1-2-4-25-16)18-12-32-19(27-18)10-28-9-14(8-26-28)20(29)30/h1-9,12H,10-11H2,(H,29,30). The van der Waals surface area contributed by atoms with Gasteiger partial charge in [0.25, 0.3) is 0 Å². The molecule has 164 valence electrons. The normalized spacial score (nSPS) is 11.5. The maximum atomic E-state index is 13.4. The number of benzene rings is 1. The lowest BCUT2D eigenvalue weighted by Crippen LogP contribution is -2.06. The molecule has 4 rings (SSSR count). The first-order chi connectivity index (χ1) is 15.3. The van der Waals surface area contributed by atoms with Crippen LogP contribution in [0.1, 0.15) is 26.6 Å². The third-order valence-electron chi connectivity index (χ3n) is 4.37. The fraction of sp³-hybridized carbons (Fsp3) is 0.143. The summed E-state index contributed by atoms with van der Waals surface area (Å²) in [5, 5.41) is 15.1. The summed E-state index contributed by atoms with van der Waals surface area (Å²) in [6.45, 7) is 0.217. The van der Waals surface area contributed by atoms with Crippen LogP contribution in [0.5, 0.6) is 5.75 Å². The summed E-state index contributed by atoms with van der Waals surface area (Å²) < 4.78 is 47.3. The van der Waals surface area contributed by atoms with Gasteiger partial charge in [0, 0.05) is 23.3 Å². The van der Waals surface area contributed by atoms with E-state index in [-0.39, 0.29) is 30.0 Å². The third-order valence-corrected chi connectivity index (χ3v) is 5.21. The smallest absolute Gasteiger partial charge is 0.416 e. The number of pyridine rings is 1. The number of thiazole rings is 1. The minimum absolute atomic E-state index is 0.0229. The summed E-state index contributed by atoms with van der Waals surface area (Å²) in [6.07, 6.45) is -0.404. The number of nitrogens with zero attached hydrogens (tertiary/aromatic N) is 4. The second-order valence-electron chi connectivity index (χ2n) is 6.71. The maximum Gasteiger partial charge on any atom is 0.416 e. The number of halogens is 3. The van der Waals surface area contributed by atoms with Crippen LogP contribution in [0, 0.1) is 0 Å². The molecule has 0 spiro atoms. The zero-order chi connectivity index (χ0) is 22.7. The highest BCUT2D eigenvalue weighted by atomic mass is 32.1. The molecule has 0 amide bonds. The molecular weight excluding hydrogens is 445 g/mol. The molecule has 0 radical (unpaired) electrons. The average Bonchev–Trinajstić information content (AvgIpc) is 3.42. The summed E-state index contributed by atoms with van der Waals surface area (Å²) in [4.78, 5) is 19.5. The van der Waals surface area contributed by atoms with E-state index in [1.807, 2.05) is 0 Å². The molecule has 32 heavy (non-hydrogen) atoms. The Bertz CT molecular complexity index is 1240. The van der Waals surface area contributed by atoms with Crippen molar-refractivity contribution in [2.24, 2.45) is 0 Å². The molecule has 0 unspecified atom stereocenters. The molecule has 1 N–H and O–H groups in total. The second kappa shape index (κ2) is 8.79. The van der Waals surface area contributed by atoms with Crippen LogP contribution < -0.4 is 4.74 Å². The number of carbonyl (C=O) groups is 1. The first-order valence-corrected chi connectivity index (χ1v) is 10.1. The van der Waals surface area contributed by atoms with E-state index in [4.69, 9.17) is 9.84 Å². The van der Waals surface area contributed by atoms with Gasteiger partial charge in [-0.3, -0.25) is 9.67 Å². The minimum Gasteiger partial charge on any atom is -0.487 e. The van der Waals surface area contributed by atoms with Crippen molar-refractivity contribution in [3.63, 3.8) is 0 Å². The molecule has 3 heterocycles. The van der Waals surface area contributed by atoms with E-state index in [1.165, 1.54) is 34.5 Å². The largest absolute Gasteiger partial charge is 0.487 e. The average molecular weight is 460 g/mol. The van der Waals surface area contributed by atoms with Crippen molar-refractivity contribution in [1.82, 2.24) is 19.7 Å². The van der Waals surface area contributed by atoms with Crippen molar-refractivity contribution >= 4 is 17.3 Å². The van der Waals surface area contributed by atoms with Crippen LogP contribution in [0.25, 0.3) is 11.3 Å². The van der Waals surface area contributed by atoms with E-state index in [9.17, 15) is 18.0 Å². The second-order valence-corrected chi connectivity index (χ2v) is 7.65. The molecule has 0 aliphatic rings. The van der Waals surface area contributed by atoms with Gasteiger partial charge in [-0.25, -0.2) is 9.78 Å². The Hall–Kier alpha value is -3.73. The number of rotatable bonds is 7. The van der Waals surface area contributed by atoms with Gasteiger partial charge in [0.15, 0.2) is 0 Å². The number of aromatic carboxylic acids is 1. The number of ether oxygens (including phenoxy) is 1. The van der Waals surface area contributed by atoms with Gasteiger partial charge in [0.2, 0.25) is 0 Å². The van der Waals surface area contributed by atoms with Gasteiger partial charge in [-0.15, -0.1) is 11.3 Å². The highest BCUT2D eigenvalue weighted by Crippen LogP contribution is 2.36. The van der Waals surface area contributed by atoms with Crippen LogP contribution in [-0.4, -0.2) is 30.8 Å². The first-order valence-electron chi connectivity index (χ1n) is 9.23. The van der Waals surface area contributed by atoms with Crippen molar-refractivity contribution in [3.05, 3.63) is 82.2 Å². The van der Waals surface area contributed by atoms with Crippen molar-refractivity contribution in [2.75, 3.05) is 0 Å². The molecule has 0 saturated carbocycles. The van der Waals surface area contributed by atoms with Gasteiger partial charge in [0.05, 0.1) is 35.3 Å². The molecule has 0 bridgehead atoms. The summed E-state index contributed by atoms with van der Waals surface area (Å²) in [7, 11) is 0. The minimum atomic E-state index is -4.56. The number of carboxylic acids is 1. The molecule has 11 heteroatoms. The number of carboxylic acid groups (broad SMARTS) is 1. The predicted octanol–water partition coefficient (Wildman–Crippen LogP) is 4.75. The molecule has 4 aromatic rings. The van der Waals surface area contributed by atoms with Crippen molar-refractivity contribution in [3.8, 4) is 17.0 Å². The zero-order valence-electron chi connectivity index (χ0n) is 16.3. The van der Waals surface area contributed by atoms with Gasteiger partial charge in [0.1, 0.15) is 17.4 Å². The van der Waals surface area contributed by atoms with Crippen molar-refractivity contribution in [1.29, 1.82) is 0 Å². The van der Waals surface area contributed by atoms with E-state index in [0.717, 1.165) is 12.1 Å². The SMILES string of the molecule is O=C(O)c1cnn(Cc2nc(-c3cc(OCc4ccccn4)cc(C(F)(F)F)c3)cs2)c1. The van der Waals surface area contributed by atoms with Crippen LogP contribution in [-0.2, 0) is 19.3 Å². The molecule has 1 aromatic carbocycles. The van der Waals surface area contributed by atoms with Crippen LogP contribution in [0.3, 0.4) is 0 Å². The topological polar surface area (TPSA) is 90.1 Å². The number of alkyl halides is 3. The number of hydrogen-bond acceptors (Lipinski definition) is 6. The van der Waals surface area contributed by atoms with E-state index < -0.39 is 17.7 Å². The first kappa shape index (κ1) is 21.5. The summed E-state index contributed by atoms with van der Waals surface area (Å²) in [5.41, 5.74) is 0.380. The van der Waals surface area contributed by atoms with E-state index >= 15 is 0 Å². The van der Waals surface area contributed by atoms with E-state index in [0.29, 0.717) is 16.4 Å². The lowest BCUT2D eigenvalue weighted by Gasteiger charge is -2.12. The van der Waals surface area contributed by atoms with Crippen molar-refractivity contribution < 1.29 is 27.8 Å².